The molecule has 0 unspecified atom stereocenters. The molecule has 0 rings (SSSR count). The molecule has 0 aromatic heterocycles. The molecule has 0 aromatic rings. The highest BCUT2D eigenvalue weighted by atomic mass is 28.3. The predicted octanol–water partition coefficient (Wildman–Crippen LogP) is 3.47. The van der Waals surface area contributed by atoms with Crippen LogP contribution in [0.4, 0.5) is 0 Å². The summed E-state index contributed by atoms with van der Waals surface area (Å²) >= 11 is 0. The fourth-order valence-corrected chi connectivity index (χ4v) is 1.37. The van der Waals surface area contributed by atoms with Crippen LogP contribution in [0.1, 0.15) is 20.3 Å². The maximum Gasteiger partial charge on any atom is 0.129 e. The van der Waals surface area contributed by atoms with E-state index in [0.29, 0.717) is 5.92 Å². The van der Waals surface area contributed by atoms with Crippen LogP contribution in [0.5, 0.6) is 0 Å². The van der Waals surface area contributed by atoms with Crippen LogP contribution in [0.15, 0.2) is 12.2 Å². The lowest BCUT2D eigenvalue weighted by molar-refractivity contribution is 0.653. The summed E-state index contributed by atoms with van der Waals surface area (Å²) in [6.07, 6.45) is 1.04. The van der Waals surface area contributed by atoms with E-state index in [1.165, 1.54) is 0 Å². The molecule has 1 heteroatoms. The summed E-state index contributed by atoms with van der Waals surface area (Å²) in [5.41, 5.74) is 4.41. The molecule has 0 spiro atoms. The number of rotatable bonds is 2. The summed E-state index contributed by atoms with van der Waals surface area (Å²) in [6.45, 7) is 15.1. The summed E-state index contributed by atoms with van der Waals surface area (Å²) in [4.78, 5) is 0. The van der Waals surface area contributed by atoms with Crippen molar-refractivity contribution in [1.82, 2.24) is 0 Å². The van der Waals surface area contributed by atoms with Gasteiger partial charge in [-0.05, 0) is 17.9 Å². The Balaban J connectivity index is 4.06. The molecule has 0 N–H and O–H groups in total. The Morgan fingerprint density at radius 2 is 1.83 bits per heavy atom. The molecule has 12 heavy (non-hydrogen) atoms. The van der Waals surface area contributed by atoms with Gasteiger partial charge in [-0.1, -0.05) is 46.0 Å². The van der Waals surface area contributed by atoms with Gasteiger partial charge in [-0.15, -0.1) is 5.54 Å². The van der Waals surface area contributed by atoms with E-state index in [0.717, 1.165) is 12.0 Å². The highest BCUT2D eigenvalue weighted by Crippen LogP contribution is 2.07. The van der Waals surface area contributed by atoms with Gasteiger partial charge in [0.25, 0.3) is 0 Å². The molecule has 0 atom stereocenters. The average molecular weight is 180 g/mol. The van der Waals surface area contributed by atoms with Gasteiger partial charge in [-0.2, -0.15) is 0 Å². The molecule has 0 saturated carbocycles. The van der Waals surface area contributed by atoms with Crippen LogP contribution >= 0.6 is 0 Å². The van der Waals surface area contributed by atoms with Crippen molar-refractivity contribution in [2.75, 3.05) is 0 Å². The Labute approximate surface area is 78.1 Å². The third-order valence-corrected chi connectivity index (χ3v) is 2.14. The van der Waals surface area contributed by atoms with Crippen molar-refractivity contribution in [3.8, 4) is 11.5 Å². The first-order chi connectivity index (χ1) is 5.31. The Morgan fingerprint density at radius 3 is 2.17 bits per heavy atom. The molecule has 0 bridgehead atoms. The monoisotopic (exact) mass is 180 g/mol. The second-order valence-electron chi connectivity index (χ2n) is 4.70. The van der Waals surface area contributed by atoms with E-state index < -0.39 is 8.07 Å². The van der Waals surface area contributed by atoms with Crippen LogP contribution in [0.3, 0.4) is 0 Å². The van der Waals surface area contributed by atoms with Crippen LogP contribution in [0.25, 0.3) is 0 Å². The van der Waals surface area contributed by atoms with Crippen molar-refractivity contribution in [1.29, 1.82) is 0 Å². The second-order valence-corrected chi connectivity index (χ2v) is 9.45. The van der Waals surface area contributed by atoms with Crippen molar-refractivity contribution in [2.24, 2.45) is 5.92 Å². The zero-order valence-corrected chi connectivity index (χ0v) is 9.99. The third kappa shape index (κ3) is 7.62. The van der Waals surface area contributed by atoms with Crippen molar-refractivity contribution >= 4 is 8.07 Å². The molecule has 0 amide bonds. The molecule has 0 saturated heterocycles. The van der Waals surface area contributed by atoms with Gasteiger partial charge < -0.3 is 0 Å². The first kappa shape index (κ1) is 11.5. The summed E-state index contributed by atoms with van der Waals surface area (Å²) in [6, 6.07) is 0. The fourth-order valence-electron chi connectivity index (χ4n) is 0.820. The Kier molecular flexibility index (Phi) is 4.34. The summed E-state index contributed by atoms with van der Waals surface area (Å²) in [5.74, 6) is 3.85. The lowest BCUT2D eigenvalue weighted by Gasteiger charge is -2.05. The van der Waals surface area contributed by atoms with Crippen molar-refractivity contribution in [2.45, 2.75) is 39.9 Å². The molecule has 0 aliphatic heterocycles. The zero-order chi connectivity index (χ0) is 9.78. The smallest absolute Gasteiger partial charge is 0.127 e. The van der Waals surface area contributed by atoms with Crippen molar-refractivity contribution in [3.63, 3.8) is 0 Å². The summed E-state index contributed by atoms with van der Waals surface area (Å²) < 4.78 is 0. The van der Waals surface area contributed by atoms with Crippen LogP contribution in [0, 0.1) is 17.4 Å². The maximum atomic E-state index is 3.95. The zero-order valence-electron chi connectivity index (χ0n) is 8.99. The normalized spacial score (nSPS) is 10.8. The van der Waals surface area contributed by atoms with Gasteiger partial charge in [0.15, 0.2) is 0 Å². The van der Waals surface area contributed by atoms with E-state index in [1.807, 2.05) is 0 Å². The van der Waals surface area contributed by atoms with Crippen LogP contribution < -0.4 is 0 Å². The van der Waals surface area contributed by atoms with E-state index in [4.69, 9.17) is 0 Å². The first-order valence-corrected chi connectivity index (χ1v) is 8.02. The van der Waals surface area contributed by atoms with Crippen molar-refractivity contribution in [3.05, 3.63) is 12.2 Å². The fraction of sp³-hybridized carbons (Fsp3) is 0.636. The van der Waals surface area contributed by atoms with E-state index >= 15 is 0 Å². The minimum absolute atomic E-state index is 0.674. The van der Waals surface area contributed by atoms with Crippen LogP contribution in [-0.2, 0) is 0 Å². The number of allylic oxidation sites excluding steroid dienone is 1. The molecule has 0 aliphatic rings. The maximum absolute atomic E-state index is 3.95. The molecule has 0 aliphatic carbocycles. The summed E-state index contributed by atoms with van der Waals surface area (Å²) in [5, 5.41) is 0. The first-order valence-electron chi connectivity index (χ1n) is 4.52. The van der Waals surface area contributed by atoms with Gasteiger partial charge in [-0.3, -0.25) is 0 Å². The largest absolute Gasteiger partial charge is 0.129 e. The lowest BCUT2D eigenvalue weighted by atomic mass is 10.1. The molecule has 0 radical (unpaired) electrons. The molecular weight excluding hydrogens is 160 g/mol. The molecule has 68 valence electrons. The number of hydrogen-bond donors (Lipinski definition) is 0. The van der Waals surface area contributed by atoms with Gasteiger partial charge in [0, 0.05) is 0 Å². The van der Waals surface area contributed by atoms with Crippen molar-refractivity contribution < 1.29 is 0 Å². The molecule has 0 fully saturated rings. The molecule has 0 aromatic carbocycles. The van der Waals surface area contributed by atoms with E-state index in [1.54, 1.807) is 0 Å². The number of hydrogen-bond acceptors (Lipinski definition) is 0. The highest BCUT2D eigenvalue weighted by molar-refractivity contribution is 6.83. The third-order valence-electron chi connectivity index (χ3n) is 1.27. The Morgan fingerprint density at radius 1 is 1.33 bits per heavy atom. The molecular formula is C11H20Si. The van der Waals surface area contributed by atoms with Crippen LogP contribution in [0.2, 0.25) is 19.6 Å². The molecule has 0 nitrogen and oxygen atoms in total. The lowest BCUT2D eigenvalue weighted by Crippen LogP contribution is -2.16. The average Bonchev–Trinajstić information content (AvgIpc) is 1.80. The quantitative estimate of drug-likeness (QED) is 0.451. The van der Waals surface area contributed by atoms with Gasteiger partial charge in [-0.25, -0.2) is 0 Å². The van der Waals surface area contributed by atoms with Crippen LogP contribution in [-0.4, -0.2) is 8.07 Å². The Bertz CT molecular complexity index is 207. The summed E-state index contributed by atoms with van der Waals surface area (Å²) in [7, 11) is -1.19. The van der Waals surface area contributed by atoms with E-state index in [-0.39, 0.29) is 0 Å². The highest BCUT2D eigenvalue weighted by Gasteiger charge is 2.07. The minimum atomic E-state index is -1.19. The predicted molar refractivity (Wildman–Crippen MR) is 59.7 cm³/mol. The van der Waals surface area contributed by atoms with E-state index in [2.05, 4.69) is 51.5 Å². The van der Waals surface area contributed by atoms with E-state index in [9.17, 15) is 0 Å². The van der Waals surface area contributed by atoms with Gasteiger partial charge >= 0.3 is 0 Å². The topological polar surface area (TPSA) is 0 Å². The minimum Gasteiger partial charge on any atom is -0.127 e. The van der Waals surface area contributed by atoms with Gasteiger partial charge in [0.05, 0.1) is 0 Å². The van der Waals surface area contributed by atoms with Gasteiger partial charge in [0.1, 0.15) is 8.07 Å². The second kappa shape index (κ2) is 4.52. The SMILES string of the molecule is C=C(C#C[Si](C)(C)C)CC(C)C. The Hall–Kier alpha value is -0.483. The standard InChI is InChI=1S/C11H20Si/c1-10(2)9-11(3)7-8-12(4,5)6/h10H,3,9H2,1-2,4-6H3. The van der Waals surface area contributed by atoms with Gasteiger partial charge in [0.2, 0.25) is 0 Å². The molecule has 0 heterocycles.